The van der Waals surface area contributed by atoms with E-state index in [-0.39, 0.29) is 5.69 Å². The van der Waals surface area contributed by atoms with Gasteiger partial charge in [0.25, 0.3) is 0 Å². The van der Waals surface area contributed by atoms with E-state index >= 15 is 0 Å². The van der Waals surface area contributed by atoms with Crippen LogP contribution in [0.3, 0.4) is 0 Å². The molecule has 1 heterocycles. The zero-order chi connectivity index (χ0) is 10.8. The van der Waals surface area contributed by atoms with Gasteiger partial charge in [-0.3, -0.25) is 0 Å². The van der Waals surface area contributed by atoms with Crippen molar-refractivity contribution < 1.29 is 9.90 Å². The first-order valence-corrected chi connectivity index (χ1v) is 5.27. The highest BCUT2D eigenvalue weighted by Gasteiger charge is 2.20. The molecule has 5 heteroatoms. The number of carboxylic acids is 1. The molecule has 2 N–H and O–H groups in total. The Bertz CT molecular complexity index is 369. The van der Waals surface area contributed by atoms with Crippen LogP contribution in [0.5, 0.6) is 0 Å². The number of anilines is 1. The third-order valence-corrected chi connectivity index (χ3v) is 2.77. The predicted octanol–water partition coefficient (Wildman–Crippen LogP) is 1.57. The van der Waals surface area contributed by atoms with Crippen molar-refractivity contribution in [2.75, 3.05) is 5.32 Å². The number of nitrogens with one attached hydrogen (secondary N) is 1. The molecule has 1 fully saturated rings. The van der Waals surface area contributed by atoms with E-state index in [2.05, 4.69) is 10.3 Å². The van der Waals surface area contributed by atoms with Crippen LogP contribution in [-0.4, -0.2) is 26.7 Å². The smallest absolute Gasteiger partial charge is 0.356 e. The Morgan fingerprint density at radius 1 is 1.73 bits per heavy atom. The fraction of sp³-hybridized carbons (Fsp3) is 0.600. The summed E-state index contributed by atoms with van der Waals surface area (Å²) < 4.78 is 1.84. The summed E-state index contributed by atoms with van der Waals surface area (Å²) in [6.45, 7) is 2.70. The quantitative estimate of drug-likeness (QED) is 0.789. The van der Waals surface area contributed by atoms with Crippen LogP contribution in [0.15, 0.2) is 6.20 Å². The second-order valence-electron chi connectivity index (χ2n) is 3.81. The first kappa shape index (κ1) is 10.0. The van der Waals surface area contributed by atoms with Gasteiger partial charge in [0.05, 0.1) is 0 Å². The molecular weight excluding hydrogens is 194 g/mol. The molecule has 0 aliphatic heterocycles. The summed E-state index contributed by atoms with van der Waals surface area (Å²) in [4.78, 5) is 14.8. The number of nitrogens with zero attached hydrogens (tertiary/aromatic N) is 2. The molecule has 0 spiro atoms. The van der Waals surface area contributed by atoms with Gasteiger partial charge >= 0.3 is 5.97 Å². The standard InChI is InChI=1S/C10H15N3O2/c1-2-13-6-8(9(14)15)12-10(13)11-7-4-3-5-7/h6-7H,2-5H2,1H3,(H,11,12)(H,14,15). The Hall–Kier alpha value is -1.52. The van der Waals surface area contributed by atoms with Gasteiger partial charge < -0.3 is 15.0 Å². The lowest BCUT2D eigenvalue weighted by Crippen LogP contribution is -2.28. The number of rotatable bonds is 4. The number of carboxylic acid groups (broad SMARTS) is 1. The molecule has 15 heavy (non-hydrogen) atoms. The maximum Gasteiger partial charge on any atom is 0.356 e. The molecule has 1 aliphatic carbocycles. The van der Waals surface area contributed by atoms with Crippen molar-refractivity contribution in [1.29, 1.82) is 0 Å². The minimum atomic E-state index is -0.973. The Labute approximate surface area is 88.1 Å². The molecule has 1 aromatic rings. The fourth-order valence-electron chi connectivity index (χ4n) is 1.61. The van der Waals surface area contributed by atoms with E-state index in [4.69, 9.17) is 5.11 Å². The number of imidazole rings is 1. The summed E-state index contributed by atoms with van der Waals surface area (Å²) in [7, 11) is 0. The van der Waals surface area contributed by atoms with Crippen molar-refractivity contribution >= 4 is 11.9 Å². The molecule has 0 radical (unpaired) electrons. The van der Waals surface area contributed by atoms with Crippen LogP contribution < -0.4 is 5.32 Å². The van der Waals surface area contributed by atoms with Crippen LogP contribution in [-0.2, 0) is 6.54 Å². The van der Waals surface area contributed by atoms with Gasteiger partial charge in [-0.15, -0.1) is 0 Å². The van der Waals surface area contributed by atoms with E-state index in [0.29, 0.717) is 12.0 Å². The molecule has 0 aromatic carbocycles. The molecular formula is C10H15N3O2. The van der Waals surface area contributed by atoms with Gasteiger partial charge in [0.1, 0.15) is 0 Å². The SMILES string of the molecule is CCn1cc(C(=O)O)nc1NC1CCC1. The number of aromatic nitrogens is 2. The summed E-state index contributed by atoms with van der Waals surface area (Å²) >= 11 is 0. The monoisotopic (exact) mass is 209 g/mol. The Morgan fingerprint density at radius 3 is 2.93 bits per heavy atom. The molecule has 1 aliphatic rings. The zero-order valence-corrected chi connectivity index (χ0v) is 8.73. The average molecular weight is 209 g/mol. The van der Waals surface area contributed by atoms with Crippen molar-refractivity contribution in [3.63, 3.8) is 0 Å². The molecule has 82 valence electrons. The lowest BCUT2D eigenvalue weighted by molar-refractivity contribution is 0.0691. The summed E-state index contributed by atoms with van der Waals surface area (Å²) in [6.07, 6.45) is 5.12. The van der Waals surface area contributed by atoms with E-state index in [0.717, 1.165) is 19.4 Å². The van der Waals surface area contributed by atoms with Gasteiger partial charge in [0.2, 0.25) is 5.95 Å². The normalized spacial score (nSPS) is 16.1. The summed E-state index contributed by atoms with van der Waals surface area (Å²) in [5.41, 5.74) is 0.110. The highest BCUT2D eigenvalue weighted by molar-refractivity contribution is 5.85. The summed E-state index contributed by atoms with van der Waals surface area (Å²) in [5.74, 6) is -0.293. The molecule has 0 atom stereocenters. The first-order valence-electron chi connectivity index (χ1n) is 5.27. The van der Waals surface area contributed by atoms with Crippen LogP contribution >= 0.6 is 0 Å². The number of carbonyl (C=O) groups is 1. The third kappa shape index (κ3) is 1.95. The van der Waals surface area contributed by atoms with Crippen LogP contribution in [0.1, 0.15) is 36.7 Å². The van der Waals surface area contributed by atoms with Crippen LogP contribution in [0.2, 0.25) is 0 Å². The third-order valence-electron chi connectivity index (χ3n) is 2.77. The van der Waals surface area contributed by atoms with Crippen molar-refractivity contribution in [2.45, 2.75) is 38.8 Å². The second-order valence-corrected chi connectivity index (χ2v) is 3.81. The molecule has 5 nitrogen and oxygen atoms in total. The molecule has 0 saturated heterocycles. The van der Waals surface area contributed by atoms with Gasteiger partial charge in [-0.25, -0.2) is 9.78 Å². The molecule has 0 amide bonds. The number of aryl methyl sites for hydroxylation is 1. The van der Waals surface area contributed by atoms with Gasteiger partial charge in [0, 0.05) is 18.8 Å². The molecule has 1 aromatic heterocycles. The Balaban J connectivity index is 2.16. The van der Waals surface area contributed by atoms with Crippen molar-refractivity contribution in [3.05, 3.63) is 11.9 Å². The van der Waals surface area contributed by atoms with E-state index < -0.39 is 5.97 Å². The van der Waals surface area contributed by atoms with Gasteiger partial charge in [-0.2, -0.15) is 0 Å². The molecule has 2 rings (SSSR count). The van der Waals surface area contributed by atoms with Crippen LogP contribution in [0.25, 0.3) is 0 Å². The first-order chi connectivity index (χ1) is 7.20. The molecule has 1 saturated carbocycles. The van der Waals surface area contributed by atoms with Crippen molar-refractivity contribution in [2.24, 2.45) is 0 Å². The van der Waals surface area contributed by atoms with Gasteiger partial charge in [-0.05, 0) is 26.2 Å². The van der Waals surface area contributed by atoms with E-state index in [1.165, 1.54) is 6.42 Å². The van der Waals surface area contributed by atoms with E-state index in [9.17, 15) is 4.79 Å². The van der Waals surface area contributed by atoms with E-state index in [1.54, 1.807) is 6.20 Å². The maximum atomic E-state index is 10.7. The Morgan fingerprint density at radius 2 is 2.47 bits per heavy atom. The molecule has 0 bridgehead atoms. The Kier molecular flexibility index (Phi) is 2.62. The number of aromatic carboxylic acids is 1. The largest absolute Gasteiger partial charge is 0.476 e. The maximum absolute atomic E-state index is 10.7. The highest BCUT2D eigenvalue weighted by atomic mass is 16.4. The van der Waals surface area contributed by atoms with E-state index in [1.807, 2.05) is 11.5 Å². The molecule has 0 unspecified atom stereocenters. The predicted molar refractivity (Wildman–Crippen MR) is 56.1 cm³/mol. The second kappa shape index (κ2) is 3.92. The topological polar surface area (TPSA) is 67.2 Å². The minimum absolute atomic E-state index is 0.110. The lowest BCUT2D eigenvalue weighted by atomic mass is 9.93. The van der Waals surface area contributed by atoms with Crippen LogP contribution in [0, 0.1) is 0 Å². The van der Waals surface area contributed by atoms with Gasteiger partial charge in [-0.1, -0.05) is 0 Å². The fourth-order valence-corrected chi connectivity index (χ4v) is 1.61. The summed E-state index contributed by atoms with van der Waals surface area (Å²) in [5, 5.41) is 12.1. The van der Waals surface area contributed by atoms with Crippen LogP contribution in [0.4, 0.5) is 5.95 Å². The minimum Gasteiger partial charge on any atom is -0.476 e. The van der Waals surface area contributed by atoms with Crippen molar-refractivity contribution in [1.82, 2.24) is 9.55 Å². The summed E-state index contributed by atoms with van der Waals surface area (Å²) in [6, 6.07) is 0.472. The number of hydrogen-bond donors (Lipinski definition) is 2. The van der Waals surface area contributed by atoms with Gasteiger partial charge in [0.15, 0.2) is 5.69 Å². The van der Waals surface area contributed by atoms with Crippen molar-refractivity contribution in [3.8, 4) is 0 Å². The zero-order valence-electron chi connectivity index (χ0n) is 8.73. The average Bonchev–Trinajstić information content (AvgIpc) is 2.54. The lowest BCUT2D eigenvalue weighted by Gasteiger charge is -2.26. The number of hydrogen-bond acceptors (Lipinski definition) is 3. The highest BCUT2D eigenvalue weighted by Crippen LogP contribution is 2.22.